The van der Waals surface area contributed by atoms with Gasteiger partial charge in [0.05, 0.1) is 6.20 Å². The standard InChI is InChI=1S/C8H9N3/c1-2-3-8(9)7-4-5-10-11-6-7/h1,4-6,8H,3,9H2. The summed E-state index contributed by atoms with van der Waals surface area (Å²) in [5.41, 5.74) is 6.62. The van der Waals surface area contributed by atoms with Crippen molar-refractivity contribution in [1.29, 1.82) is 0 Å². The zero-order chi connectivity index (χ0) is 8.10. The molecule has 2 N–H and O–H groups in total. The van der Waals surface area contributed by atoms with Crippen LogP contribution in [0.1, 0.15) is 18.0 Å². The summed E-state index contributed by atoms with van der Waals surface area (Å²) >= 11 is 0. The normalized spacial score (nSPS) is 12.0. The minimum Gasteiger partial charge on any atom is -0.323 e. The van der Waals surface area contributed by atoms with Crippen LogP contribution in [-0.4, -0.2) is 10.2 Å². The summed E-state index contributed by atoms with van der Waals surface area (Å²) in [4.78, 5) is 0. The first-order valence-electron chi connectivity index (χ1n) is 3.30. The van der Waals surface area contributed by atoms with Gasteiger partial charge in [-0.2, -0.15) is 10.2 Å². The Morgan fingerprint density at radius 3 is 3.00 bits per heavy atom. The van der Waals surface area contributed by atoms with Crippen LogP contribution in [0.2, 0.25) is 0 Å². The molecular weight excluding hydrogens is 138 g/mol. The summed E-state index contributed by atoms with van der Waals surface area (Å²) in [5, 5.41) is 7.32. The van der Waals surface area contributed by atoms with Crippen molar-refractivity contribution in [3.05, 3.63) is 24.0 Å². The van der Waals surface area contributed by atoms with E-state index in [0.717, 1.165) is 5.56 Å². The van der Waals surface area contributed by atoms with E-state index in [4.69, 9.17) is 12.2 Å². The van der Waals surface area contributed by atoms with Crippen LogP contribution in [-0.2, 0) is 0 Å². The smallest absolute Gasteiger partial charge is 0.0544 e. The minimum atomic E-state index is -0.115. The molecule has 11 heavy (non-hydrogen) atoms. The van der Waals surface area contributed by atoms with E-state index < -0.39 is 0 Å². The fourth-order valence-corrected chi connectivity index (χ4v) is 0.765. The highest BCUT2D eigenvalue weighted by Crippen LogP contribution is 2.09. The average molecular weight is 147 g/mol. The second-order valence-corrected chi connectivity index (χ2v) is 2.19. The van der Waals surface area contributed by atoms with Crippen molar-refractivity contribution in [2.24, 2.45) is 5.73 Å². The van der Waals surface area contributed by atoms with Gasteiger partial charge < -0.3 is 5.73 Å². The zero-order valence-electron chi connectivity index (χ0n) is 6.07. The van der Waals surface area contributed by atoms with Gasteiger partial charge in [0.25, 0.3) is 0 Å². The predicted molar refractivity (Wildman–Crippen MR) is 42.4 cm³/mol. The summed E-state index contributed by atoms with van der Waals surface area (Å²) in [5.74, 6) is 2.49. The number of hydrogen-bond donors (Lipinski definition) is 1. The number of nitrogens with zero attached hydrogens (tertiary/aromatic N) is 2. The van der Waals surface area contributed by atoms with Crippen molar-refractivity contribution in [3.8, 4) is 12.3 Å². The first-order valence-corrected chi connectivity index (χ1v) is 3.30. The highest BCUT2D eigenvalue weighted by Gasteiger charge is 2.02. The lowest BCUT2D eigenvalue weighted by molar-refractivity contribution is 0.743. The lowest BCUT2D eigenvalue weighted by atomic mass is 10.1. The van der Waals surface area contributed by atoms with Crippen molar-refractivity contribution in [3.63, 3.8) is 0 Å². The molecule has 0 bridgehead atoms. The largest absolute Gasteiger partial charge is 0.323 e. The zero-order valence-corrected chi connectivity index (χ0v) is 6.07. The maximum absolute atomic E-state index is 5.70. The van der Waals surface area contributed by atoms with E-state index in [1.54, 1.807) is 12.4 Å². The predicted octanol–water partition coefficient (Wildman–Crippen LogP) is 0.500. The second kappa shape index (κ2) is 3.69. The third-order valence-corrected chi connectivity index (χ3v) is 1.37. The molecule has 56 valence electrons. The third kappa shape index (κ3) is 2.03. The summed E-state index contributed by atoms with van der Waals surface area (Å²) in [7, 11) is 0. The minimum absolute atomic E-state index is 0.115. The van der Waals surface area contributed by atoms with Crippen molar-refractivity contribution >= 4 is 0 Å². The van der Waals surface area contributed by atoms with E-state index in [-0.39, 0.29) is 6.04 Å². The van der Waals surface area contributed by atoms with Crippen LogP contribution in [0.3, 0.4) is 0 Å². The van der Waals surface area contributed by atoms with Crippen LogP contribution >= 0.6 is 0 Å². The Labute approximate surface area is 65.6 Å². The molecule has 0 aliphatic rings. The Balaban J connectivity index is 2.70. The van der Waals surface area contributed by atoms with Crippen LogP contribution in [0.5, 0.6) is 0 Å². The summed E-state index contributed by atoms with van der Waals surface area (Å²) in [6.45, 7) is 0. The molecule has 0 aliphatic heterocycles. The Kier molecular flexibility index (Phi) is 2.59. The van der Waals surface area contributed by atoms with Gasteiger partial charge in [0.15, 0.2) is 0 Å². The van der Waals surface area contributed by atoms with E-state index in [2.05, 4.69) is 16.1 Å². The van der Waals surface area contributed by atoms with Crippen LogP contribution in [0, 0.1) is 12.3 Å². The first kappa shape index (κ1) is 7.70. The highest BCUT2D eigenvalue weighted by atomic mass is 15.1. The molecule has 1 aromatic rings. The highest BCUT2D eigenvalue weighted by molar-refractivity contribution is 5.12. The van der Waals surface area contributed by atoms with Crippen molar-refractivity contribution in [2.45, 2.75) is 12.5 Å². The van der Waals surface area contributed by atoms with Gasteiger partial charge in [-0.05, 0) is 11.6 Å². The molecule has 1 rings (SSSR count). The average Bonchev–Trinajstić information content (AvgIpc) is 2.07. The topological polar surface area (TPSA) is 51.8 Å². The Morgan fingerprint density at radius 1 is 1.64 bits per heavy atom. The van der Waals surface area contributed by atoms with Crippen molar-refractivity contribution in [2.75, 3.05) is 0 Å². The number of hydrogen-bond acceptors (Lipinski definition) is 3. The molecule has 1 aromatic heterocycles. The lowest BCUT2D eigenvalue weighted by Crippen LogP contribution is -2.09. The van der Waals surface area contributed by atoms with E-state index in [1.165, 1.54) is 0 Å². The van der Waals surface area contributed by atoms with Crippen LogP contribution in [0.4, 0.5) is 0 Å². The van der Waals surface area contributed by atoms with E-state index in [0.29, 0.717) is 6.42 Å². The van der Waals surface area contributed by atoms with Gasteiger partial charge in [-0.3, -0.25) is 0 Å². The van der Waals surface area contributed by atoms with E-state index in [9.17, 15) is 0 Å². The molecule has 0 saturated carbocycles. The molecule has 0 radical (unpaired) electrons. The fraction of sp³-hybridized carbons (Fsp3) is 0.250. The van der Waals surface area contributed by atoms with Crippen LogP contribution < -0.4 is 5.73 Å². The SMILES string of the molecule is C#CCC(N)c1ccnnc1. The first-order chi connectivity index (χ1) is 5.34. The monoisotopic (exact) mass is 147 g/mol. The van der Waals surface area contributed by atoms with E-state index in [1.807, 2.05) is 6.07 Å². The Morgan fingerprint density at radius 2 is 2.45 bits per heavy atom. The maximum atomic E-state index is 5.70. The molecule has 1 atom stereocenters. The van der Waals surface area contributed by atoms with Crippen molar-refractivity contribution in [1.82, 2.24) is 10.2 Å². The molecular formula is C8H9N3. The van der Waals surface area contributed by atoms with Gasteiger partial charge in [-0.15, -0.1) is 12.3 Å². The quantitative estimate of drug-likeness (QED) is 0.620. The van der Waals surface area contributed by atoms with Gasteiger partial charge >= 0.3 is 0 Å². The summed E-state index contributed by atoms with van der Waals surface area (Å²) < 4.78 is 0. The fourth-order valence-electron chi connectivity index (χ4n) is 0.765. The molecule has 0 aromatic carbocycles. The summed E-state index contributed by atoms with van der Waals surface area (Å²) in [6.07, 6.45) is 8.86. The number of rotatable bonds is 2. The molecule has 0 saturated heterocycles. The van der Waals surface area contributed by atoms with Gasteiger partial charge in [-0.1, -0.05) is 0 Å². The van der Waals surface area contributed by atoms with E-state index >= 15 is 0 Å². The molecule has 0 aliphatic carbocycles. The Bertz CT molecular complexity index is 250. The van der Waals surface area contributed by atoms with Gasteiger partial charge in [-0.25, -0.2) is 0 Å². The third-order valence-electron chi connectivity index (χ3n) is 1.37. The molecule has 0 amide bonds. The number of aromatic nitrogens is 2. The lowest BCUT2D eigenvalue weighted by Gasteiger charge is -2.05. The van der Waals surface area contributed by atoms with Crippen LogP contribution in [0.25, 0.3) is 0 Å². The summed E-state index contributed by atoms with van der Waals surface area (Å²) in [6, 6.07) is 1.70. The molecule has 1 unspecified atom stereocenters. The second-order valence-electron chi connectivity index (χ2n) is 2.19. The molecule has 0 spiro atoms. The molecule has 1 heterocycles. The van der Waals surface area contributed by atoms with Gasteiger partial charge in [0.1, 0.15) is 0 Å². The maximum Gasteiger partial charge on any atom is 0.0544 e. The van der Waals surface area contributed by atoms with Crippen molar-refractivity contribution < 1.29 is 0 Å². The number of nitrogens with two attached hydrogens (primary N) is 1. The molecule has 0 fully saturated rings. The number of terminal acetylenes is 1. The van der Waals surface area contributed by atoms with Gasteiger partial charge in [0.2, 0.25) is 0 Å². The van der Waals surface area contributed by atoms with Gasteiger partial charge in [0, 0.05) is 18.7 Å². The van der Waals surface area contributed by atoms with Crippen LogP contribution in [0.15, 0.2) is 18.5 Å². The Hall–Kier alpha value is -1.40. The molecule has 3 nitrogen and oxygen atoms in total. The molecule has 3 heteroatoms.